The number of esters is 1. The molecular formula is C13H26N2O3. The summed E-state index contributed by atoms with van der Waals surface area (Å²) in [4.78, 5) is 22.4. The molecule has 1 unspecified atom stereocenters. The van der Waals surface area contributed by atoms with Crippen LogP contribution in [-0.4, -0.2) is 31.7 Å². The molecule has 0 fully saturated rings. The zero-order chi connectivity index (χ0) is 13.8. The molecule has 0 aliphatic rings. The quantitative estimate of drug-likeness (QED) is 0.491. The van der Waals surface area contributed by atoms with Crippen LogP contribution in [0.5, 0.6) is 0 Å². The number of hydrogen-bond acceptors (Lipinski definition) is 3. The van der Waals surface area contributed by atoms with Gasteiger partial charge < -0.3 is 15.4 Å². The largest absolute Gasteiger partial charge is 0.466 e. The molecule has 2 amide bonds. The van der Waals surface area contributed by atoms with Crippen LogP contribution in [0, 0.1) is 5.92 Å². The van der Waals surface area contributed by atoms with E-state index < -0.39 is 0 Å². The lowest BCUT2D eigenvalue weighted by Crippen LogP contribution is -2.36. The molecular weight excluding hydrogens is 232 g/mol. The van der Waals surface area contributed by atoms with E-state index in [4.69, 9.17) is 4.74 Å². The number of ether oxygens (including phenoxy) is 1. The molecule has 0 rings (SSSR count). The summed E-state index contributed by atoms with van der Waals surface area (Å²) < 4.78 is 5.09. The van der Waals surface area contributed by atoms with Crippen LogP contribution in [0.2, 0.25) is 0 Å². The molecule has 0 aromatic carbocycles. The summed E-state index contributed by atoms with van der Waals surface area (Å²) in [6, 6.07) is -0.180. The maximum atomic E-state index is 11.4. The van der Waals surface area contributed by atoms with Gasteiger partial charge in [0.25, 0.3) is 0 Å². The van der Waals surface area contributed by atoms with Crippen LogP contribution in [0.15, 0.2) is 0 Å². The minimum absolute atomic E-state index is 0.144. The molecule has 0 aromatic heterocycles. The maximum Gasteiger partial charge on any atom is 0.314 e. The molecule has 0 aromatic rings. The van der Waals surface area contributed by atoms with Crippen LogP contribution >= 0.6 is 0 Å². The second-order valence-corrected chi connectivity index (χ2v) is 4.46. The van der Waals surface area contributed by atoms with Crippen molar-refractivity contribution in [1.82, 2.24) is 10.6 Å². The van der Waals surface area contributed by atoms with Crippen LogP contribution < -0.4 is 10.6 Å². The first kappa shape index (κ1) is 16.7. The van der Waals surface area contributed by atoms with Gasteiger partial charge in [-0.05, 0) is 19.3 Å². The SMILES string of the molecule is CCCC(C)CC(=O)OCCCNC(=O)NCC. The Morgan fingerprint density at radius 2 is 1.94 bits per heavy atom. The summed E-state index contributed by atoms with van der Waals surface area (Å²) in [6.07, 6.45) is 3.27. The summed E-state index contributed by atoms with van der Waals surface area (Å²) >= 11 is 0. The summed E-state index contributed by atoms with van der Waals surface area (Å²) in [6.45, 7) is 7.51. The lowest BCUT2D eigenvalue weighted by atomic mass is 10.0. The minimum Gasteiger partial charge on any atom is -0.466 e. The predicted octanol–water partition coefficient (Wildman–Crippen LogP) is 2.07. The van der Waals surface area contributed by atoms with Gasteiger partial charge in [-0.1, -0.05) is 26.7 Å². The molecule has 5 heteroatoms. The number of rotatable bonds is 9. The van der Waals surface area contributed by atoms with Crippen LogP contribution in [-0.2, 0) is 9.53 Å². The average Bonchev–Trinajstić information content (AvgIpc) is 2.29. The van der Waals surface area contributed by atoms with Crippen LogP contribution in [0.3, 0.4) is 0 Å². The van der Waals surface area contributed by atoms with Gasteiger partial charge in [0.2, 0.25) is 0 Å². The lowest BCUT2D eigenvalue weighted by Gasteiger charge is -2.10. The van der Waals surface area contributed by atoms with Crippen LogP contribution in [0.4, 0.5) is 4.79 Å². The van der Waals surface area contributed by atoms with Crippen molar-refractivity contribution in [2.24, 2.45) is 5.92 Å². The van der Waals surface area contributed by atoms with E-state index in [0.29, 0.717) is 38.5 Å². The van der Waals surface area contributed by atoms with Gasteiger partial charge in [0.05, 0.1) is 6.61 Å². The second kappa shape index (κ2) is 10.9. The fraction of sp³-hybridized carbons (Fsp3) is 0.846. The number of hydrogen-bond donors (Lipinski definition) is 2. The van der Waals surface area contributed by atoms with Gasteiger partial charge in [0.15, 0.2) is 0 Å². The standard InChI is InChI=1S/C13H26N2O3/c1-4-7-11(3)10-12(16)18-9-6-8-15-13(17)14-5-2/h11H,4-10H2,1-3H3,(H2,14,15,17). The Morgan fingerprint density at radius 3 is 2.56 bits per heavy atom. The van der Waals surface area contributed by atoms with Gasteiger partial charge in [-0.15, -0.1) is 0 Å². The van der Waals surface area contributed by atoms with Crippen LogP contribution in [0.25, 0.3) is 0 Å². The lowest BCUT2D eigenvalue weighted by molar-refractivity contribution is -0.144. The summed E-state index contributed by atoms with van der Waals surface area (Å²) in [5.74, 6) is 0.241. The van der Waals surface area contributed by atoms with Gasteiger partial charge >= 0.3 is 12.0 Å². The van der Waals surface area contributed by atoms with E-state index in [1.807, 2.05) is 6.92 Å². The third kappa shape index (κ3) is 9.93. The summed E-state index contributed by atoms with van der Waals surface area (Å²) in [5, 5.41) is 5.30. The Bertz CT molecular complexity index is 244. The smallest absolute Gasteiger partial charge is 0.314 e. The van der Waals surface area contributed by atoms with E-state index in [9.17, 15) is 9.59 Å². The Hall–Kier alpha value is -1.26. The Labute approximate surface area is 110 Å². The molecule has 0 aliphatic carbocycles. The predicted molar refractivity (Wildman–Crippen MR) is 71.3 cm³/mol. The van der Waals surface area contributed by atoms with E-state index in [1.54, 1.807) is 0 Å². The van der Waals surface area contributed by atoms with Gasteiger partial charge in [-0.2, -0.15) is 0 Å². The van der Waals surface area contributed by atoms with Crippen molar-refractivity contribution in [3.05, 3.63) is 0 Å². The number of nitrogens with one attached hydrogen (secondary N) is 2. The highest BCUT2D eigenvalue weighted by molar-refractivity contribution is 5.73. The Kier molecular flexibility index (Phi) is 10.1. The number of carbonyl (C=O) groups excluding carboxylic acids is 2. The molecule has 106 valence electrons. The van der Waals surface area contributed by atoms with E-state index in [2.05, 4.69) is 24.5 Å². The molecule has 5 nitrogen and oxygen atoms in total. The monoisotopic (exact) mass is 258 g/mol. The van der Waals surface area contributed by atoms with E-state index >= 15 is 0 Å². The number of urea groups is 1. The van der Waals surface area contributed by atoms with Gasteiger partial charge in [-0.3, -0.25) is 4.79 Å². The van der Waals surface area contributed by atoms with Gasteiger partial charge in [0, 0.05) is 19.5 Å². The van der Waals surface area contributed by atoms with Crippen LogP contribution in [0.1, 0.15) is 46.5 Å². The normalized spacial score (nSPS) is 11.7. The summed E-state index contributed by atoms with van der Waals surface area (Å²) in [7, 11) is 0. The average molecular weight is 258 g/mol. The van der Waals surface area contributed by atoms with E-state index in [-0.39, 0.29) is 12.0 Å². The maximum absolute atomic E-state index is 11.4. The van der Waals surface area contributed by atoms with Crippen molar-refractivity contribution in [2.75, 3.05) is 19.7 Å². The third-order valence-electron chi connectivity index (χ3n) is 2.50. The summed E-state index contributed by atoms with van der Waals surface area (Å²) in [5.41, 5.74) is 0. The topological polar surface area (TPSA) is 67.4 Å². The zero-order valence-electron chi connectivity index (χ0n) is 11.8. The highest BCUT2D eigenvalue weighted by Crippen LogP contribution is 2.10. The molecule has 0 heterocycles. The first-order valence-electron chi connectivity index (χ1n) is 6.77. The van der Waals surface area contributed by atoms with Crippen molar-refractivity contribution in [3.8, 4) is 0 Å². The molecule has 0 bridgehead atoms. The van der Waals surface area contributed by atoms with Crippen molar-refractivity contribution < 1.29 is 14.3 Å². The Balaban J connectivity index is 3.43. The highest BCUT2D eigenvalue weighted by atomic mass is 16.5. The first-order valence-corrected chi connectivity index (χ1v) is 6.77. The molecule has 0 saturated heterocycles. The van der Waals surface area contributed by atoms with Crippen molar-refractivity contribution in [3.63, 3.8) is 0 Å². The Morgan fingerprint density at radius 1 is 1.22 bits per heavy atom. The highest BCUT2D eigenvalue weighted by Gasteiger charge is 2.09. The zero-order valence-corrected chi connectivity index (χ0v) is 11.8. The minimum atomic E-state index is -0.180. The molecule has 0 spiro atoms. The van der Waals surface area contributed by atoms with Gasteiger partial charge in [-0.25, -0.2) is 4.79 Å². The number of carbonyl (C=O) groups is 2. The van der Waals surface area contributed by atoms with Crippen molar-refractivity contribution >= 4 is 12.0 Å². The fourth-order valence-corrected chi connectivity index (χ4v) is 1.62. The van der Waals surface area contributed by atoms with Gasteiger partial charge in [0.1, 0.15) is 0 Å². The number of amides is 2. The van der Waals surface area contributed by atoms with E-state index in [1.165, 1.54) is 0 Å². The molecule has 1 atom stereocenters. The molecule has 0 saturated carbocycles. The third-order valence-corrected chi connectivity index (χ3v) is 2.50. The first-order chi connectivity index (χ1) is 8.60. The van der Waals surface area contributed by atoms with Crippen molar-refractivity contribution in [1.29, 1.82) is 0 Å². The fourth-order valence-electron chi connectivity index (χ4n) is 1.62. The van der Waals surface area contributed by atoms with E-state index in [0.717, 1.165) is 12.8 Å². The van der Waals surface area contributed by atoms with Crippen molar-refractivity contribution in [2.45, 2.75) is 46.5 Å². The molecule has 18 heavy (non-hydrogen) atoms. The molecule has 2 N–H and O–H groups in total. The molecule has 0 aliphatic heterocycles. The second-order valence-electron chi connectivity index (χ2n) is 4.46. The molecule has 0 radical (unpaired) electrons.